The molecular formula is C7H3Cl2KO2. The van der Waals surface area contributed by atoms with Gasteiger partial charge in [-0.1, -0.05) is 23.2 Å². The Kier molecular flexibility index (Phi) is 6.02. The van der Waals surface area contributed by atoms with Gasteiger partial charge >= 0.3 is 51.4 Å². The summed E-state index contributed by atoms with van der Waals surface area (Å²) in [4.78, 5) is 10.3. The summed E-state index contributed by atoms with van der Waals surface area (Å²) in [5, 5.41) is 10.8. The Hall–Kier alpha value is 0.906. The minimum Gasteiger partial charge on any atom is -0.545 e. The second-order valence-corrected chi connectivity index (χ2v) is 2.76. The molecule has 5 heteroatoms. The number of benzene rings is 1. The first-order chi connectivity index (χ1) is 5.11. The summed E-state index contributed by atoms with van der Waals surface area (Å²) in [6.07, 6.45) is 0. The topological polar surface area (TPSA) is 40.1 Å². The van der Waals surface area contributed by atoms with Crippen molar-refractivity contribution >= 4 is 29.2 Å². The number of carboxylic acids is 1. The number of aromatic carboxylic acids is 1. The summed E-state index contributed by atoms with van der Waals surface area (Å²) >= 11 is 11.0. The summed E-state index contributed by atoms with van der Waals surface area (Å²) in [5.41, 5.74) is -0.0841. The number of carboxylic acid groups (broad SMARTS) is 1. The van der Waals surface area contributed by atoms with Gasteiger partial charge in [-0.25, -0.2) is 0 Å². The number of halogens is 2. The van der Waals surface area contributed by atoms with Crippen molar-refractivity contribution in [3.63, 3.8) is 0 Å². The molecule has 12 heavy (non-hydrogen) atoms. The molecule has 0 spiro atoms. The van der Waals surface area contributed by atoms with Crippen molar-refractivity contribution in [2.24, 2.45) is 0 Å². The molecule has 1 aromatic rings. The van der Waals surface area contributed by atoms with E-state index in [2.05, 4.69) is 0 Å². The molecule has 0 N–H and O–H groups in total. The van der Waals surface area contributed by atoms with Gasteiger partial charge in [0.2, 0.25) is 0 Å². The van der Waals surface area contributed by atoms with Crippen LogP contribution in [-0.2, 0) is 0 Å². The average molecular weight is 229 g/mol. The molecule has 0 heterocycles. The molecular weight excluding hydrogens is 226 g/mol. The van der Waals surface area contributed by atoms with Crippen molar-refractivity contribution in [1.82, 2.24) is 0 Å². The van der Waals surface area contributed by atoms with Crippen molar-refractivity contribution in [3.8, 4) is 0 Å². The van der Waals surface area contributed by atoms with Gasteiger partial charge in [0.15, 0.2) is 0 Å². The van der Waals surface area contributed by atoms with Crippen LogP contribution in [0.25, 0.3) is 0 Å². The van der Waals surface area contributed by atoms with E-state index in [1.807, 2.05) is 0 Å². The fourth-order valence-electron chi connectivity index (χ4n) is 0.654. The molecule has 0 aliphatic heterocycles. The Morgan fingerprint density at radius 2 is 1.92 bits per heavy atom. The molecule has 2 nitrogen and oxygen atoms in total. The normalized spacial score (nSPS) is 8.83. The van der Waals surface area contributed by atoms with Crippen LogP contribution in [0.3, 0.4) is 0 Å². The molecule has 0 bridgehead atoms. The van der Waals surface area contributed by atoms with Crippen LogP contribution in [0.4, 0.5) is 0 Å². The average Bonchev–Trinajstić information content (AvgIpc) is 1.94. The van der Waals surface area contributed by atoms with Crippen LogP contribution in [0.5, 0.6) is 0 Å². The predicted octanol–water partition coefficient (Wildman–Crippen LogP) is -1.64. The molecule has 0 saturated carbocycles. The summed E-state index contributed by atoms with van der Waals surface area (Å²) in [6.45, 7) is 0. The van der Waals surface area contributed by atoms with E-state index < -0.39 is 5.97 Å². The van der Waals surface area contributed by atoms with Crippen molar-refractivity contribution in [2.45, 2.75) is 0 Å². The van der Waals surface area contributed by atoms with Crippen LogP contribution in [0.1, 0.15) is 10.4 Å². The zero-order chi connectivity index (χ0) is 8.43. The monoisotopic (exact) mass is 228 g/mol. The molecule has 0 fully saturated rings. The predicted molar refractivity (Wildman–Crippen MR) is 40.8 cm³/mol. The number of hydrogen-bond donors (Lipinski definition) is 0. The van der Waals surface area contributed by atoms with Gasteiger partial charge in [-0.15, -0.1) is 0 Å². The maximum Gasteiger partial charge on any atom is 1.00 e. The first-order valence-corrected chi connectivity index (χ1v) is 3.53. The fraction of sp³-hybridized carbons (Fsp3) is 0. The third-order valence-corrected chi connectivity index (χ3v) is 1.71. The third-order valence-electron chi connectivity index (χ3n) is 1.15. The fourth-order valence-corrected chi connectivity index (χ4v) is 1.02. The van der Waals surface area contributed by atoms with Gasteiger partial charge in [-0.2, -0.15) is 0 Å². The van der Waals surface area contributed by atoms with Crippen LogP contribution >= 0.6 is 23.2 Å². The third kappa shape index (κ3) is 3.34. The van der Waals surface area contributed by atoms with Crippen molar-refractivity contribution < 1.29 is 61.3 Å². The van der Waals surface area contributed by atoms with Crippen LogP contribution < -0.4 is 56.5 Å². The Labute approximate surface area is 122 Å². The second-order valence-electron chi connectivity index (χ2n) is 1.91. The van der Waals surface area contributed by atoms with Gasteiger partial charge in [0.05, 0.1) is 5.97 Å². The minimum absolute atomic E-state index is 0. The van der Waals surface area contributed by atoms with E-state index in [0.717, 1.165) is 0 Å². The van der Waals surface area contributed by atoms with Gasteiger partial charge in [0.1, 0.15) is 0 Å². The van der Waals surface area contributed by atoms with Crippen LogP contribution in [0, 0.1) is 0 Å². The smallest absolute Gasteiger partial charge is 0.545 e. The van der Waals surface area contributed by atoms with Crippen molar-refractivity contribution in [1.29, 1.82) is 0 Å². The maximum atomic E-state index is 10.3. The number of rotatable bonds is 1. The number of carbonyl (C=O) groups excluding carboxylic acids is 1. The molecule has 1 aromatic carbocycles. The van der Waals surface area contributed by atoms with E-state index in [1.54, 1.807) is 0 Å². The Balaban J connectivity index is 0.00000121. The quantitative estimate of drug-likeness (QED) is 0.542. The van der Waals surface area contributed by atoms with Gasteiger partial charge in [-0.3, -0.25) is 0 Å². The second kappa shape index (κ2) is 5.60. The molecule has 0 unspecified atom stereocenters. The summed E-state index contributed by atoms with van der Waals surface area (Å²) in [5.74, 6) is -1.32. The maximum absolute atomic E-state index is 10.3. The van der Waals surface area contributed by atoms with E-state index in [0.29, 0.717) is 5.02 Å². The van der Waals surface area contributed by atoms with Gasteiger partial charge in [-0.05, 0) is 18.2 Å². The van der Waals surface area contributed by atoms with Crippen molar-refractivity contribution in [3.05, 3.63) is 33.8 Å². The Morgan fingerprint density at radius 1 is 1.33 bits per heavy atom. The molecule has 1 rings (SSSR count). The molecule has 0 saturated heterocycles. The minimum atomic E-state index is -1.32. The molecule has 0 amide bonds. The van der Waals surface area contributed by atoms with Crippen LogP contribution in [-0.4, -0.2) is 5.97 Å². The van der Waals surface area contributed by atoms with E-state index in [9.17, 15) is 9.90 Å². The largest absolute Gasteiger partial charge is 1.00 e. The molecule has 58 valence electrons. The van der Waals surface area contributed by atoms with Crippen molar-refractivity contribution in [2.75, 3.05) is 0 Å². The van der Waals surface area contributed by atoms with Gasteiger partial charge in [0, 0.05) is 15.6 Å². The van der Waals surface area contributed by atoms with Gasteiger partial charge in [0.25, 0.3) is 0 Å². The Bertz CT molecular complexity index is 301. The first kappa shape index (κ1) is 12.9. The standard InChI is InChI=1S/C7H4Cl2O2.K/c8-4-1-2-6(9)5(3-4)7(10)11;/h1-3H,(H,10,11);/q;+1/p-1. The molecule has 0 aliphatic carbocycles. The summed E-state index contributed by atoms with van der Waals surface area (Å²) in [7, 11) is 0. The number of carbonyl (C=O) groups is 1. The van der Waals surface area contributed by atoms with E-state index in [-0.39, 0.29) is 62.0 Å². The van der Waals surface area contributed by atoms with Crippen LogP contribution in [0.2, 0.25) is 10.0 Å². The summed E-state index contributed by atoms with van der Waals surface area (Å²) in [6, 6.07) is 4.17. The Morgan fingerprint density at radius 3 is 2.33 bits per heavy atom. The SMILES string of the molecule is O=C([O-])c1cc(Cl)ccc1Cl.[K+]. The molecule has 0 aromatic heterocycles. The number of hydrogen-bond acceptors (Lipinski definition) is 2. The first-order valence-electron chi connectivity index (χ1n) is 2.77. The van der Waals surface area contributed by atoms with Crippen LogP contribution in [0.15, 0.2) is 18.2 Å². The zero-order valence-electron chi connectivity index (χ0n) is 6.30. The van der Waals surface area contributed by atoms with Gasteiger partial charge < -0.3 is 9.90 Å². The van der Waals surface area contributed by atoms with E-state index in [1.165, 1.54) is 18.2 Å². The van der Waals surface area contributed by atoms with E-state index in [4.69, 9.17) is 23.2 Å². The molecule has 0 atom stereocenters. The molecule has 0 aliphatic rings. The van der Waals surface area contributed by atoms with E-state index >= 15 is 0 Å². The zero-order valence-corrected chi connectivity index (χ0v) is 10.9. The molecule has 0 radical (unpaired) electrons. The summed E-state index contributed by atoms with van der Waals surface area (Å²) < 4.78 is 0.